The molecule has 2 N–H and O–H groups in total. The third-order valence-corrected chi connectivity index (χ3v) is 3.26. The van der Waals surface area contributed by atoms with E-state index in [9.17, 15) is 9.59 Å². The number of amides is 1. The molecule has 28 heavy (non-hydrogen) atoms. The van der Waals surface area contributed by atoms with Gasteiger partial charge in [0.15, 0.2) is 0 Å². The number of primary amides is 1. The quantitative estimate of drug-likeness (QED) is 0.675. The highest BCUT2D eigenvalue weighted by Crippen LogP contribution is 2.13. The number of hydrogen-bond acceptors (Lipinski definition) is 3. The monoisotopic (exact) mass is 387 g/mol. The lowest BCUT2D eigenvalue weighted by atomic mass is 10.2. The fourth-order valence-electron chi connectivity index (χ4n) is 1.62. The number of hydrogen-bond donors (Lipinski definition) is 1. The lowest BCUT2D eigenvalue weighted by molar-refractivity contribution is -0.118. The molecule has 0 heterocycles. The zero-order valence-electron chi connectivity index (χ0n) is 18.3. The molecule has 2 aromatic carbocycles. The maximum absolute atomic E-state index is 9.82. The molecule has 0 saturated carbocycles. The predicted octanol–water partition coefficient (Wildman–Crippen LogP) is 5.86. The predicted molar refractivity (Wildman–Crippen MR) is 118 cm³/mol. The molecule has 4 nitrogen and oxygen atoms in total. The van der Waals surface area contributed by atoms with E-state index in [0.29, 0.717) is 19.4 Å². The minimum atomic E-state index is -0.211. The van der Waals surface area contributed by atoms with E-state index in [4.69, 9.17) is 10.5 Å². The number of carbonyl (C=O) groups excluding carboxylic acids is 2. The van der Waals surface area contributed by atoms with Gasteiger partial charge >= 0.3 is 0 Å². The Morgan fingerprint density at radius 3 is 1.79 bits per heavy atom. The van der Waals surface area contributed by atoms with Crippen LogP contribution < -0.4 is 10.5 Å². The number of ether oxygens (including phenoxy) is 1. The molecule has 2 rings (SSSR count). The Bertz CT molecular complexity index is 622. The lowest BCUT2D eigenvalue weighted by Crippen LogP contribution is -2.08. The van der Waals surface area contributed by atoms with Gasteiger partial charge in [-0.2, -0.15) is 0 Å². The number of carbonyl (C=O) groups is 2. The van der Waals surface area contributed by atoms with Crippen LogP contribution in [0.4, 0.5) is 0 Å². The van der Waals surface area contributed by atoms with Gasteiger partial charge in [-0.3, -0.25) is 4.79 Å². The van der Waals surface area contributed by atoms with Crippen molar-refractivity contribution in [2.75, 3.05) is 0 Å². The zero-order chi connectivity index (χ0) is 21.8. The standard InChI is InChI=1S/C14H14O.C4H9NO.C4H8O.C2H6/c1-12-7-9-14(10-8-12)15-11-13-5-3-2-4-6-13;1-2-3-4(5)6;1-3-4(2)5;1-2/h2-10H,11H2,1H3;2-3H2,1H3,(H2,5,6);3H2,1-2H3;1-2H3. The average molecular weight is 388 g/mol. The number of rotatable bonds is 6. The third-order valence-electron chi connectivity index (χ3n) is 3.26. The van der Waals surface area contributed by atoms with Crippen LogP contribution in [-0.2, 0) is 16.2 Å². The van der Waals surface area contributed by atoms with Crippen LogP contribution in [0.5, 0.6) is 5.75 Å². The molecule has 0 radical (unpaired) electrons. The smallest absolute Gasteiger partial charge is 0.217 e. The van der Waals surface area contributed by atoms with Crippen LogP contribution in [0.2, 0.25) is 0 Å². The van der Waals surface area contributed by atoms with Crippen molar-refractivity contribution in [3.05, 3.63) is 65.7 Å². The average Bonchev–Trinajstić information content (AvgIpc) is 2.71. The van der Waals surface area contributed by atoms with Crippen LogP contribution >= 0.6 is 0 Å². The molecule has 0 aliphatic carbocycles. The zero-order valence-corrected chi connectivity index (χ0v) is 18.3. The van der Waals surface area contributed by atoms with Crippen LogP contribution in [0.1, 0.15) is 65.0 Å². The first kappa shape index (κ1) is 27.6. The summed E-state index contributed by atoms with van der Waals surface area (Å²) in [5, 5.41) is 0. The minimum absolute atomic E-state index is 0.211. The van der Waals surface area contributed by atoms with Crippen LogP contribution in [0.3, 0.4) is 0 Å². The summed E-state index contributed by atoms with van der Waals surface area (Å²) in [4.78, 5) is 19.6. The van der Waals surface area contributed by atoms with Crippen molar-refractivity contribution in [1.29, 1.82) is 0 Å². The summed E-state index contributed by atoms with van der Waals surface area (Å²) in [7, 11) is 0. The Morgan fingerprint density at radius 1 is 0.929 bits per heavy atom. The molecule has 0 aliphatic rings. The lowest BCUT2D eigenvalue weighted by Gasteiger charge is -2.06. The Kier molecular flexibility index (Phi) is 18.9. The van der Waals surface area contributed by atoms with E-state index in [0.717, 1.165) is 12.2 Å². The van der Waals surface area contributed by atoms with E-state index in [1.807, 2.05) is 58.0 Å². The number of ketones is 1. The van der Waals surface area contributed by atoms with Crippen molar-refractivity contribution in [3.8, 4) is 5.75 Å². The third kappa shape index (κ3) is 18.2. The van der Waals surface area contributed by atoms with Gasteiger partial charge in [0.05, 0.1) is 0 Å². The molecule has 0 saturated heterocycles. The van der Waals surface area contributed by atoms with Crippen LogP contribution in [0.15, 0.2) is 54.6 Å². The second-order valence-corrected chi connectivity index (χ2v) is 5.86. The fourth-order valence-corrected chi connectivity index (χ4v) is 1.62. The van der Waals surface area contributed by atoms with E-state index in [-0.39, 0.29) is 11.7 Å². The van der Waals surface area contributed by atoms with Gasteiger partial charge in [0, 0.05) is 12.8 Å². The number of benzene rings is 2. The molecule has 0 fully saturated rings. The van der Waals surface area contributed by atoms with Gasteiger partial charge in [0.1, 0.15) is 18.1 Å². The summed E-state index contributed by atoms with van der Waals surface area (Å²) in [6, 6.07) is 18.3. The second-order valence-electron chi connectivity index (χ2n) is 5.86. The Hall–Kier alpha value is -2.62. The van der Waals surface area contributed by atoms with E-state index < -0.39 is 0 Å². The van der Waals surface area contributed by atoms with Gasteiger partial charge in [-0.15, -0.1) is 0 Å². The summed E-state index contributed by atoms with van der Waals surface area (Å²) >= 11 is 0. The Labute approximate surface area is 171 Å². The largest absolute Gasteiger partial charge is 0.489 e. The van der Waals surface area contributed by atoms with Crippen molar-refractivity contribution < 1.29 is 14.3 Å². The van der Waals surface area contributed by atoms with Crippen molar-refractivity contribution in [2.45, 2.75) is 67.4 Å². The highest BCUT2D eigenvalue weighted by molar-refractivity contribution is 5.74. The van der Waals surface area contributed by atoms with Crippen LogP contribution in [0, 0.1) is 6.92 Å². The molecule has 2 aromatic rings. The molecule has 0 aromatic heterocycles. The number of nitrogens with two attached hydrogens (primary N) is 1. The first-order valence-corrected chi connectivity index (χ1v) is 9.90. The van der Waals surface area contributed by atoms with Crippen molar-refractivity contribution in [2.24, 2.45) is 5.73 Å². The topological polar surface area (TPSA) is 69.4 Å². The Balaban J connectivity index is 0. The molecular formula is C24H37NO3. The molecule has 1 amide bonds. The number of aryl methyl sites for hydroxylation is 1. The second kappa shape index (κ2) is 19.2. The summed E-state index contributed by atoms with van der Waals surface area (Å²) in [6.45, 7) is 12.1. The fraction of sp³-hybridized carbons (Fsp3) is 0.417. The van der Waals surface area contributed by atoms with Gasteiger partial charge in [-0.25, -0.2) is 0 Å². The summed E-state index contributed by atoms with van der Waals surface area (Å²) < 4.78 is 5.65. The molecule has 0 bridgehead atoms. The summed E-state index contributed by atoms with van der Waals surface area (Å²) in [5.74, 6) is 0.965. The normalized spacial score (nSPS) is 8.64. The van der Waals surface area contributed by atoms with Gasteiger partial charge in [0.2, 0.25) is 5.91 Å². The van der Waals surface area contributed by atoms with Gasteiger partial charge in [-0.05, 0) is 38.0 Å². The molecule has 0 atom stereocenters. The molecule has 156 valence electrons. The molecule has 0 aliphatic heterocycles. The first-order valence-electron chi connectivity index (χ1n) is 9.90. The van der Waals surface area contributed by atoms with Crippen LogP contribution in [0.25, 0.3) is 0 Å². The van der Waals surface area contributed by atoms with Crippen molar-refractivity contribution >= 4 is 11.7 Å². The molecule has 4 heteroatoms. The maximum atomic E-state index is 9.82. The maximum Gasteiger partial charge on any atom is 0.217 e. The van der Waals surface area contributed by atoms with Gasteiger partial charge in [0.25, 0.3) is 0 Å². The van der Waals surface area contributed by atoms with E-state index >= 15 is 0 Å². The van der Waals surface area contributed by atoms with Crippen molar-refractivity contribution in [3.63, 3.8) is 0 Å². The van der Waals surface area contributed by atoms with E-state index in [2.05, 4.69) is 31.2 Å². The summed E-state index contributed by atoms with van der Waals surface area (Å²) in [5.41, 5.74) is 7.21. The van der Waals surface area contributed by atoms with E-state index in [1.54, 1.807) is 6.92 Å². The molecular weight excluding hydrogens is 350 g/mol. The highest BCUT2D eigenvalue weighted by atomic mass is 16.5. The van der Waals surface area contributed by atoms with Gasteiger partial charge in [-0.1, -0.05) is 75.7 Å². The summed E-state index contributed by atoms with van der Waals surface area (Å²) in [6.07, 6.45) is 2.04. The van der Waals surface area contributed by atoms with Crippen LogP contribution in [-0.4, -0.2) is 11.7 Å². The SMILES string of the molecule is CC.CCC(C)=O.CCCC(N)=O.Cc1ccc(OCc2ccccc2)cc1. The Morgan fingerprint density at radius 2 is 1.43 bits per heavy atom. The number of Topliss-reactive ketones (excluding diaryl/α,β-unsaturated/α-hetero) is 1. The highest BCUT2D eigenvalue weighted by Gasteiger charge is 1.94. The molecule has 0 unspecified atom stereocenters. The van der Waals surface area contributed by atoms with Crippen molar-refractivity contribution in [1.82, 2.24) is 0 Å². The van der Waals surface area contributed by atoms with Gasteiger partial charge < -0.3 is 15.3 Å². The molecule has 0 spiro atoms. The van der Waals surface area contributed by atoms with E-state index in [1.165, 1.54) is 11.1 Å². The minimum Gasteiger partial charge on any atom is -0.489 e. The first-order chi connectivity index (χ1) is 13.4.